The Kier molecular flexibility index (Phi) is 3.46. The van der Waals surface area contributed by atoms with Crippen LogP contribution in [0.1, 0.15) is 11.1 Å². The first-order valence-corrected chi connectivity index (χ1v) is 5.83. The van der Waals surface area contributed by atoms with Crippen LogP contribution < -0.4 is 10.5 Å². The maximum Gasteiger partial charge on any atom is 0.122 e. The Bertz CT molecular complexity index is 359. The molecule has 2 N–H and O–H groups in total. The van der Waals surface area contributed by atoms with Crippen molar-refractivity contribution in [3.05, 3.63) is 29.3 Å². The number of nitrogens with two attached hydrogens (primary N) is 1. The quantitative estimate of drug-likeness (QED) is 0.832. The summed E-state index contributed by atoms with van der Waals surface area (Å²) in [6.07, 6.45) is 0. The standard InChI is InChI=1S/C13H20N2O/c1-10-3-4-11(2)13(7-10)16-6-5-15-8-12(14)9-15/h3-4,7,12H,5-6,8-9,14H2,1-2H3. The lowest BCUT2D eigenvalue weighted by Gasteiger charge is -2.36. The highest BCUT2D eigenvalue weighted by atomic mass is 16.5. The van der Waals surface area contributed by atoms with E-state index in [0.29, 0.717) is 6.04 Å². The molecule has 1 fully saturated rings. The van der Waals surface area contributed by atoms with Crippen molar-refractivity contribution in [2.24, 2.45) is 5.73 Å². The molecule has 0 atom stereocenters. The summed E-state index contributed by atoms with van der Waals surface area (Å²) in [5, 5.41) is 0. The molecule has 1 aromatic carbocycles. The van der Waals surface area contributed by atoms with E-state index in [1.165, 1.54) is 11.1 Å². The van der Waals surface area contributed by atoms with Crippen molar-refractivity contribution in [1.82, 2.24) is 4.90 Å². The topological polar surface area (TPSA) is 38.5 Å². The van der Waals surface area contributed by atoms with Crippen molar-refractivity contribution in [2.45, 2.75) is 19.9 Å². The molecule has 3 nitrogen and oxygen atoms in total. The third kappa shape index (κ3) is 2.74. The zero-order valence-electron chi connectivity index (χ0n) is 10.1. The second kappa shape index (κ2) is 4.85. The molecule has 0 unspecified atom stereocenters. The molecule has 1 aliphatic heterocycles. The number of nitrogens with zero attached hydrogens (tertiary/aromatic N) is 1. The van der Waals surface area contributed by atoms with Gasteiger partial charge in [-0.05, 0) is 31.0 Å². The smallest absolute Gasteiger partial charge is 0.122 e. The van der Waals surface area contributed by atoms with Crippen LogP contribution in [-0.2, 0) is 0 Å². The predicted octanol–water partition coefficient (Wildman–Crippen LogP) is 1.33. The Balaban J connectivity index is 1.78. The molecule has 1 aromatic rings. The highest BCUT2D eigenvalue weighted by Crippen LogP contribution is 2.19. The molecular weight excluding hydrogens is 200 g/mol. The van der Waals surface area contributed by atoms with Crippen molar-refractivity contribution < 1.29 is 4.74 Å². The summed E-state index contributed by atoms with van der Waals surface area (Å²) in [6.45, 7) is 7.90. The summed E-state index contributed by atoms with van der Waals surface area (Å²) in [7, 11) is 0. The van der Waals surface area contributed by atoms with E-state index in [4.69, 9.17) is 10.5 Å². The van der Waals surface area contributed by atoms with E-state index in [2.05, 4.69) is 36.9 Å². The van der Waals surface area contributed by atoms with Crippen LogP contribution in [0.4, 0.5) is 0 Å². The largest absolute Gasteiger partial charge is 0.492 e. The summed E-state index contributed by atoms with van der Waals surface area (Å²) in [5.41, 5.74) is 8.16. The molecule has 1 saturated heterocycles. The molecular formula is C13H20N2O. The average Bonchev–Trinajstić information content (AvgIpc) is 2.20. The molecule has 0 saturated carbocycles. The van der Waals surface area contributed by atoms with E-state index >= 15 is 0 Å². The van der Waals surface area contributed by atoms with Crippen LogP contribution >= 0.6 is 0 Å². The van der Waals surface area contributed by atoms with E-state index in [1.54, 1.807) is 0 Å². The third-order valence-electron chi connectivity index (χ3n) is 2.99. The van der Waals surface area contributed by atoms with Crippen molar-refractivity contribution >= 4 is 0 Å². The van der Waals surface area contributed by atoms with Gasteiger partial charge in [0.15, 0.2) is 0 Å². The molecule has 0 bridgehead atoms. The molecule has 0 aromatic heterocycles. The fourth-order valence-corrected chi connectivity index (χ4v) is 1.94. The Morgan fingerprint density at radius 3 is 2.81 bits per heavy atom. The molecule has 3 heteroatoms. The van der Waals surface area contributed by atoms with E-state index in [-0.39, 0.29) is 0 Å². The van der Waals surface area contributed by atoms with Crippen molar-refractivity contribution in [1.29, 1.82) is 0 Å². The zero-order chi connectivity index (χ0) is 11.5. The fourth-order valence-electron chi connectivity index (χ4n) is 1.94. The van der Waals surface area contributed by atoms with Gasteiger partial charge in [0.05, 0.1) is 0 Å². The summed E-state index contributed by atoms with van der Waals surface area (Å²) < 4.78 is 5.78. The van der Waals surface area contributed by atoms with Gasteiger partial charge >= 0.3 is 0 Å². The SMILES string of the molecule is Cc1ccc(C)c(OCCN2CC(N)C2)c1. The highest BCUT2D eigenvalue weighted by Gasteiger charge is 2.22. The number of benzene rings is 1. The second-order valence-electron chi connectivity index (χ2n) is 4.64. The first-order valence-electron chi connectivity index (χ1n) is 5.83. The van der Waals surface area contributed by atoms with Crippen molar-refractivity contribution in [3.8, 4) is 5.75 Å². The molecule has 0 amide bonds. The Morgan fingerprint density at radius 2 is 2.12 bits per heavy atom. The van der Waals surface area contributed by atoms with Gasteiger partial charge in [0.1, 0.15) is 12.4 Å². The van der Waals surface area contributed by atoms with E-state index in [0.717, 1.165) is 32.0 Å². The van der Waals surface area contributed by atoms with E-state index < -0.39 is 0 Å². The summed E-state index contributed by atoms with van der Waals surface area (Å²) in [4.78, 5) is 2.32. The van der Waals surface area contributed by atoms with Gasteiger partial charge in [-0.1, -0.05) is 12.1 Å². The summed E-state index contributed by atoms with van der Waals surface area (Å²) in [5.74, 6) is 1.00. The van der Waals surface area contributed by atoms with Gasteiger partial charge in [0.25, 0.3) is 0 Å². The lowest BCUT2D eigenvalue weighted by atomic mass is 10.1. The van der Waals surface area contributed by atoms with Gasteiger partial charge < -0.3 is 10.5 Å². The molecule has 0 spiro atoms. The molecule has 0 aliphatic carbocycles. The van der Waals surface area contributed by atoms with E-state index in [1.807, 2.05) is 0 Å². The van der Waals surface area contributed by atoms with E-state index in [9.17, 15) is 0 Å². The van der Waals surface area contributed by atoms with Gasteiger partial charge in [0, 0.05) is 25.7 Å². The van der Waals surface area contributed by atoms with Gasteiger partial charge in [-0.3, -0.25) is 4.90 Å². The van der Waals surface area contributed by atoms with Crippen molar-refractivity contribution in [3.63, 3.8) is 0 Å². The molecule has 2 rings (SSSR count). The Labute approximate surface area is 97.2 Å². The van der Waals surface area contributed by atoms with Crippen molar-refractivity contribution in [2.75, 3.05) is 26.2 Å². The number of aryl methyl sites for hydroxylation is 2. The number of hydrogen-bond acceptors (Lipinski definition) is 3. The molecule has 1 heterocycles. The first-order chi connectivity index (χ1) is 7.65. The minimum Gasteiger partial charge on any atom is -0.492 e. The predicted molar refractivity (Wildman–Crippen MR) is 65.8 cm³/mol. The molecule has 16 heavy (non-hydrogen) atoms. The summed E-state index contributed by atoms with van der Waals surface area (Å²) in [6, 6.07) is 6.68. The van der Waals surface area contributed by atoms with Crippen LogP contribution in [0.3, 0.4) is 0 Å². The van der Waals surface area contributed by atoms with Gasteiger partial charge in [-0.2, -0.15) is 0 Å². The number of ether oxygens (including phenoxy) is 1. The Morgan fingerprint density at radius 1 is 1.38 bits per heavy atom. The lowest BCUT2D eigenvalue weighted by Crippen LogP contribution is -2.56. The molecule has 1 aliphatic rings. The van der Waals surface area contributed by atoms with Crippen LogP contribution in [0.15, 0.2) is 18.2 Å². The molecule has 88 valence electrons. The van der Waals surface area contributed by atoms with Gasteiger partial charge in [0.2, 0.25) is 0 Å². The van der Waals surface area contributed by atoms with Crippen LogP contribution in [0, 0.1) is 13.8 Å². The number of rotatable bonds is 4. The minimum absolute atomic E-state index is 0.376. The zero-order valence-corrected chi connectivity index (χ0v) is 10.1. The summed E-state index contributed by atoms with van der Waals surface area (Å²) >= 11 is 0. The maximum absolute atomic E-state index is 5.78. The second-order valence-corrected chi connectivity index (χ2v) is 4.64. The van der Waals surface area contributed by atoms with Crippen LogP contribution in [0.5, 0.6) is 5.75 Å². The number of likely N-dealkylation sites (tertiary alicyclic amines) is 1. The fraction of sp³-hybridized carbons (Fsp3) is 0.538. The van der Waals surface area contributed by atoms with Crippen LogP contribution in [0.2, 0.25) is 0 Å². The normalized spacial score (nSPS) is 17.2. The van der Waals surface area contributed by atoms with Gasteiger partial charge in [-0.15, -0.1) is 0 Å². The molecule has 0 radical (unpaired) electrons. The van der Waals surface area contributed by atoms with Crippen LogP contribution in [0.25, 0.3) is 0 Å². The maximum atomic E-state index is 5.78. The van der Waals surface area contributed by atoms with Gasteiger partial charge in [-0.25, -0.2) is 0 Å². The lowest BCUT2D eigenvalue weighted by molar-refractivity contribution is 0.124. The monoisotopic (exact) mass is 220 g/mol. The minimum atomic E-state index is 0.376. The first kappa shape index (κ1) is 11.4. The average molecular weight is 220 g/mol. The highest BCUT2D eigenvalue weighted by molar-refractivity contribution is 5.35. The van der Waals surface area contributed by atoms with Crippen LogP contribution in [-0.4, -0.2) is 37.2 Å². The Hall–Kier alpha value is -1.06. The number of hydrogen-bond donors (Lipinski definition) is 1. The third-order valence-corrected chi connectivity index (χ3v) is 2.99.